The van der Waals surface area contributed by atoms with Crippen LogP contribution in [0.25, 0.3) is 0 Å². The minimum atomic E-state index is -4.04. The Kier molecular flexibility index (Phi) is 6.39. The van der Waals surface area contributed by atoms with E-state index in [0.29, 0.717) is 5.56 Å². The molecule has 0 saturated carbocycles. The van der Waals surface area contributed by atoms with Crippen molar-refractivity contribution in [1.82, 2.24) is 0 Å². The predicted octanol–water partition coefficient (Wildman–Crippen LogP) is 4.29. The van der Waals surface area contributed by atoms with Gasteiger partial charge < -0.3 is 9.47 Å². The van der Waals surface area contributed by atoms with Crippen LogP contribution in [0.2, 0.25) is 10.0 Å². The zero-order valence-corrected chi connectivity index (χ0v) is 16.6. The number of hydrogen-bond acceptors (Lipinski definition) is 5. The predicted molar refractivity (Wildman–Crippen MR) is 101 cm³/mol. The van der Waals surface area contributed by atoms with Crippen molar-refractivity contribution in [3.05, 3.63) is 51.5 Å². The highest BCUT2D eigenvalue weighted by molar-refractivity contribution is 7.92. The molecular weight excluding hydrogens is 401 g/mol. The molecule has 0 aliphatic rings. The SMILES string of the molecule is CCOC(=O)c1ccc(C)c(NS(=O)(=O)c2ccc(OC)c(Cl)c2Cl)c1. The van der Waals surface area contributed by atoms with Gasteiger partial charge in [-0.25, -0.2) is 13.2 Å². The van der Waals surface area contributed by atoms with Crippen molar-refractivity contribution in [2.45, 2.75) is 18.7 Å². The molecule has 2 rings (SSSR count). The molecule has 0 spiro atoms. The summed E-state index contributed by atoms with van der Waals surface area (Å²) in [4.78, 5) is 11.7. The number of esters is 1. The van der Waals surface area contributed by atoms with Crippen LogP contribution in [0.3, 0.4) is 0 Å². The first-order valence-corrected chi connectivity index (χ1v) is 9.77. The van der Waals surface area contributed by atoms with Gasteiger partial charge in [0.15, 0.2) is 0 Å². The summed E-state index contributed by atoms with van der Waals surface area (Å²) in [5, 5.41) is -0.160. The highest BCUT2D eigenvalue weighted by atomic mass is 35.5. The molecule has 9 heteroatoms. The maximum absolute atomic E-state index is 12.7. The first kappa shape index (κ1) is 20.4. The van der Waals surface area contributed by atoms with E-state index in [0.717, 1.165) is 0 Å². The summed E-state index contributed by atoms with van der Waals surface area (Å²) >= 11 is 12.1. The summed E-state index contributed by atoms with van der Waals surface area (Å²) in [6.45, 7) is 3.61. The minimum Gasteiger partial charge on any atom is -0.495 e. The van der Waals surface area contributed by atoms with E-state index in [1.165, 1.54) is 25.3 Å². The zero-order chi connectivity index (χ0) is 19.5. The first-order chi connectivity index (χ1) is 12.2. The quantitative estimate of drug-likeness (QED) is 0.708. The summed E-state index contributed by atoms with van der Waals surface area (Å²) in [5.74, 6) is -0.283. The third-order valence-corrected chi connectivity index (χ3v) is 5.90. The van der Waals surface area contributed by atoms with Gasteiger partial charge in [-0.05, 0) is 43.7 Å². The van der Waals surface area contributed by atoms with Gasteiger partial charge in [0, 0.05) is 0 Å². The number of benzene rings is 2. The van der Waals surface area contributed by atoms with E-state index in [-0.39, 0.29) is 38.5 Å². The first-order valence-electron chi connectivity index (χ1n) is 7.53. The summed E-state index contributed by atoms with van der Waals surface area (Å²) in [6, 6.07) is 7.28. The van der Waals surface area contributed by atoms with Gasteiger partial charge in [0.2, 0.25) is 0 Å². The topological polar surface area (TPSA) is 81.7 Å². The van der Waals surface area contributed by atoms with Crippen LogP contribution in [-0.4, -0.2) is 28.1 Å². The van der Waals surface area contributed by atoms with Crippen LogP contribution in [0.15, 0.2) is 35.2 Å². The van der Waals surface area contributed by atoms with Gasteiger partial charge in [-0.1, -0.05) is 29.3 Å². The standard InChI is InChI=1S/C17H17Cl2NO5S/c1-4-25-17(21)11-6-5-10(2)12(9-11)20-26(22,23)14-8-7-13(24-3)15(18)16(14)19/h5-9,20H,4H2,1-3H3. The highest BCUT2D eigenvalue weighted by Crippen LogP contribution is 2.37. The van der Waals surface area contributed by atoms with Gasteiger partial charge in [-0.3, -0.25) is 4.72 Å². The van der Waals surface area contributed by atoms with E-state index in [1.54, 1.807) is 26.0 Å². The fourth-order valence-electron chi connectivity index (χ4n) is 2.15. The molecule has 2 aromatic rings. The van der Waals surface area contributed by atoms with E-state index in [9.17, 15) is 13.2 Å². The Hall–Kier alpha value is -1.96. The number of hydrogen-bond donors (Lipinski definition) is 1. The van der Waals surface area contributed by atoms with Crippen LogP contribution in [0.5, 0.6) is 5.75 Å². The van der Waals surface area contributed by atoms with Crippen molar-refractivity contribution < 1.29 is 22.7 Å². The van der Waals surface area contributed by atoms with Crippen LogP contribution >= 0.6 is 23.2 Å². The number of methoxy groups -OCH3 is 1. The van der Waals surface area contributed by atoms with Gasteiger partial charge >= 0.3 is 5.97 Å². The van der Waals surface area contributed by atoms with Crippen molar-refractivity contribution in [3.63, 3.8) is 0 Å². The second-order valence-electron chi connectivity index (χ2n) is 5.25. The Balaban J connectivity index is 2.43. The van der Waals surface area contributed by atoms with Crippen molar-refractivity contribution in [2.24, 2.45) is 0 Å². The molecule has 0 fully saturated rings. The molecule has 0 atom stereocenters. The molecule has 6 nitrogen and oxygen atoms in total. The average molecular weight is 418 g/mol. The molecule has 0 aliphatic heterocycles. The Morgan fingerprint density at radius 3 is 2.46 bits per heavy atom. The van der Waals surface area contributed by atoms with Crippen LogP contribution in [-0.2, 0) is 14.8 Å². The largest absolute Gasteiger partial charge is 0.495 e. The van der Waals surface area contributed by atoms with Crippen LogP contribution in [0.1, 0.15) is 22.8 Å². The average Bonchev–Trinajstić information content (AvgIpc) is 2.59. The van der Waals surface area contributed by atoms with E-state index >= 15 is 0 Å². The Bertz CT molecular complexity index is 944. The monoisotopic (exact) mass is 417 g/mol. The maximum Gasteiger partial charge on any atom is 0.338 e. The van der Waals surface area contributed by atoms with Crippen molar-refractivity contribution >= 4 is 44.9 Å². The van der Waals surface area contributed by atoms with E-state index < -0.39 is 16.0 Å². The third-order valence-electron chi connectivity index (χ3n) is 3.51. The highest BCUT2D eigenvalue weighted by Gasteiger charge is 2.23. The molecule has 140 valence electrons. The summed E-state index contributed by atoms with van der Waals surface area (Å²) in [5.41, 5.74) is 1.09. The molecule has 26 heavy (non-hydrogen) atoms. The number of carbonyl (C=O) groups excluding carboxylic acids is 1. The van der Waals surface area contributed by atoms with E-state index in [1.807, 2.05) is 0 Å². The summed E-state index contributed by atoms with van der Waals surface area (Å²) in [7, 11) is -2.65. The number of halogens is 2. The fourth-order valence-corrected chi connectivity index (χ4v) is 4.12. The number of aryl methyl sites for hydroxylation is 1. The molecule has 0 saturated heterocycles. The van der Waals surface area contributed by atoms with Crippen molar-refractivity contribution in [2.75, 3.05) is 18.4 Å². The number of carbonyl (C=O) groups is 1. The Labute approximate surface area is 162 Å². The van der Waals surface area contributed by atoms with Gasteiger partial charge in [0.1, 0.15) is 15.7 Å². The van der Waals surface area contributed by atoms with Gasteiger partial charge in [0.25, 0.3) is 10.0 Å². The van der Waals surface area contributed by atoms with Crippen LogP contribution in [0.4, 0.5) is 5.69 Å². The molecule has 0 aromatic heterocycles. The Morgan fingerprint density at radius 2 is 1.85 bits per heavy atom. The number of ether oxygens (including phenoxy) is 2. The number of nitrogens with one attached hydrogen (secondary N) is 1. The third kappa shape index (κ3) is 4.23. The molecule has 0 radical (unpaired) electrons. The molecule has 0 bridgehead atoms. The lowest BCUT2D eigenvalue weighted by molar-refractivity contribution is 0.0526. The Morgan fingerprint density at radius 1 is 1.15 bits per heavy atom. The second-order valence-corrected chi connectivity index (χ2v) is 7.66. The second kappa shape index (κ2) is 8.16. The van der Waals surface area contributed by atoms with E-state index in [2.05, 4.69) is 4.72 Å². The molecular formula is C17H17Cl2NO5S. The van der Waals surface area contributed by atoms with Crippen molar-refractivity contribution in [1.29, 1.82) is 0 Å². The van der Waals surface area contributed by atoms with E-state index in [4.69, 9.17) is 32.7 Å². The van der Waals surface area contributed by atoms with Crippen LogP contribution < -0.4 is 9.46 Å². The van der Waals surface area contributed by atoms with Gasteiger partial charge in [0.05, 0.1) is 30.0 Å². The summed E-state index contributed by atoms with van der Waals surface area (Å²) in [6.07, 6.45) is 0. The lowest BCUT2D eigenvalue weighted by Gasteiger charge is -2.14. The lowest BCUT2D eigenvalue weighted by atomic mass is 10.1. The number of sulfonamides is 1. The fraction of sp³-hybridized carbons (Fsp3) is 0.235. The smallest absolute Gasteiger partial charge is 0.338 e. The van der Waals surface area contributed by atoms with Crippen LogP contribution in [0, 0.1) is 6.92 Å². The zero-order valence-electron chi connectivity index (χ0n) is 14.3. The van der Waals surface area contributed by atoms with Gasteiger partial charge in [-0.2, -0.15) is 0 Å². The number of rotatable bonds is 6. The molecule has 0 heterocycles. The minimum absolute atomic E-state index is 0.00552. The molecule has 0 amide bonds. The lowest BCUT2D eigenvalue weighted by Crippen LogP contribution is -2.15. The maximum atomic E-state index is 12.7. The molecule has 1 N–H and O–H groups in total. The number of anilines is 1. The van der Waals surface area contributed by atoms with Crippen molar-refractivity contribution in [3.8, 4) is 5.75 Å². The summed E-state index contributed by atoms with van der Waals surface area (Å²) < 4.78 is 37.8. The normalized spacial score (nSPS) is 11.1. The van der Waals surface area contributed by atoms with Gasteiger partial charge in [-0.15, -0.1) is 0 Å². The molecule has 0 aliphatic carbocycles. The molecule has 2 aromatic carbocycles. The molecule has 0 unspecified atom stereocenters.